The van der Waals surface area contributed by atoms with Gasteiger partial charge in [-0.1, -0.05) is 0 Å². The summed E-state index contributed by atoms with van der Waals surface area (Å²) in [6.07, 6.45) is 2.99. The van der Waals surface area contributed by atoms with E-state index < -0.39 is 0 Å². The van der Waals surface area contributed by atoms with Crippen LogP contribution in [0.2, 0.25) is 0 Å². The molecule has 2 N–H and O–H groups in total. The Morgan fingerprint density at radius 1 is 1.33 bits per heavy atom. The summed E-state index contributed by atoms with van der Waals surface area (Å²) < 4.78 is 0. The zero-order valence-electron chi connectivity index (χ0n) is 8.32. The van der Waals surface area contributed by atoms with Gasteiger partial charge in [0.05, 0.1) is 0 Å². The Bertz CT molecular complexity index is 407. The van der Waals surface area contributed by atoms with Crippen LogP contribution in [0.1, 0.15) is 10.4 Å². The largest absolute Gasteiger partial charge is 0.367 e. The van der Waals surface area contributed by atoms with Crippen molar-refractivity contribution in [2.75, 3.05) is 26.2 Å². The van der Waals surface area contributed by atoms with Crippen LogP contribution in [0.4, 0.5) is 0 Å². The molecule has 2 rings (SSSR count). The lowest BCUT2D eigenvalue weighted by Gasteiger charge is -2.27. The van der Waals surface area contributed by atoms with E-state index in [0.717, 1.165) is 13.1 Å². The van der Waals surface area contributed by atoms with Crippen molar-refractivity contribution in [1.82, 2.24) is 15.2 Å². The molecular formula is C10H13N3O2. The van der Waals surface area contributed by atoms with Crippen LogP contribution in [0.15, 0.2) is 23.3 Å². The van der Waals surface area contributed by atoms with E-state index in [2.05, 4.69) is 10.3 Å². The number of nitrogens with one attached hydrogen (secondary N) is 2. The van der Waals surface area contributed by atoms with Crippen molar-refractivity contribution in [1.29, 1.82) is 0 Å². The second kappa shape index (κ2) is 4.27. The summed E-state index contributed by atoms with van der Waals surface area (Å²) in [5.74, 6) is -0.182. The van der Waals surface area contributed by atoms with Crippen molar-refractivity contribution in [3.05, 3.63) is 34.2 Å². The number of carbonyl (C=O) groups excluding carboxylic acids is 1. The first kappa shape index (κ1) is 9.92. The van der Waals surface area contributed by atoms with Gasteiger partial charge >= 0.3 is 0 Å². The number of nitrogens with zero attached hydrogens (tertiary/aromatic N) is 1. The third-order valence-corrected chi connectivity index (χ3v) is 2.46. The number of carbonyl (C=O) groups is 1. The molecule has 1 saturated heterocycles. The first-order valence-electron chi connectivity index (χ1n) is 4.96. The fourth-order valence-electron chi connectivity index (χ4n) is 1.62. The van der Waals surface area contributed by atoms with Crippen molar-refractivity contribution in [3.63, 3.8) is 0 Å². The molecule has 0 saturated carbocycles. The lowest BCUT2D eigenvalue weighted by Crippen LogP contribution is -2.47. The maximum atomic E-state index is 11.9. The summed E-state index contributed by atoms with van der Waals surface area (Å²) in [5.41, 5.74) is -0.00307. The van der Waals surface area contributed by atoms with Gasteiger partial charge in [0, 0.05) is 44.6 Å². The zero-order chi connectivity index (χ0) is 10.7. The van der Waals surface area contributed by atoms with Crippen LogP contribution < -0.4 is 10.7 Å². The zero-order valence-corrected chi connectivity index (χ0v) is 8.32. The highest BCUT2D eigenvalue weighted by Gasteiger charge is 2.19. The molecule has 15 heavy (non-hydrogen) atoms. The molecule has 0 unspecified atom stereocenters. The maximum Gasteiger partial charge on any atom is 0.259 e. The van der Waals surface area contributed by atoms with Crippen molar-refractivity contribution >= 4 is 5.91 Å². The molecule has 0 spiro atoms. The number of H-pyrrole nitrogens is 1. The molecule has 2 heterocycles. The van der Waals surface area contributed by atoms with Crippen molar-refractivity contribution < 1.29 is 4.79 Å². The Hall–Kier alpha value is -1.62. The van der Waals surface area contributed by atoms with E-state index in [-0.39, 0.29) is 16.9 Å². The van der Waals surface area contributed by atoms with E-state index in [1.807, 2.05) is 0 Å². The van der Waals surface area contributed by atoms with E-state index in [0.29, 0.717) is 13.1 Å². The molecule has 1 aromatic rings. The van der Waals surface area contributed by atoms with Gasteiger partial charge in [0.2, 0.25) is 0 Å². The van der Waals surface area contributed by atoms with Gasteiger partial charge in [0.15, 0.2) is 5.43 Å². The molecule has 1 aliphatic rings. The monoisotopic (exact) mass is 207 g/mol. The summed E-state index contributed by atoms with van der Waals surface area (Å²) >= 11 is 0. The third kappa shape index (κ3) is 2.07. The minimum Gasteiger partial charge on any atom is -0.367 e. The van der Waals surface area contributed by atoms with Crippen molar-refractivity contribution in [2.45, 2.75) is 0 Å². The number of pyridine rings is 1. The Kier molecular flexibility index (Phi) is 2.82. The Balaban J connectivity index is 2.20. The molecule has 0 radical (unpaired) electrons. The molecule has 80 valence electrons. The number of aromatic nitrogens is 1. The lowest BCUT2D eigenvalue weighted by molar-refractivity contribution is 0.0734. The van der Waals surface area contributed by atoms with Crippen molar-refractivity contribution in [2.24, 2.45) is 0 Å². The molecule has 1 aromatic heterocycles. The maximum absolute atomic E-state index is 11.9. The van der Waals surface area contributed by atoms with Gasteiger partial charge in [-0.3, -0.25) is 9.59 Å². The van der Waals surface area contributed by atoms with E-state index in [9.17, 15) is 9.59 Å². The summed E-state index contributed by atoms with van der Waals surface area (Å²) in [4.78, 5) is 27.8. The highest BCUT2D eigenvalue weighted by Crippen LogP contribution is 2.00. The van der Waals surface area contributed by atoms with Crippen LogP contribution in [0, 0.1) is 0 Å². The van der Waals surface area contributed by atoms with Crippen LogP contribution in [-0.4, -0.2) is 42.0 Å². The average Bonchev–Trinajstić information content (AvgIpc) is 2.30. The van der Waals surface area contributed by atoms with Gasteiger partial charge in [0.1, 0.15) is 5.56 Å². The van der Waals surface area contributed by atoms with E-state index >= 15 is 0 Å². The first-order valence-corrected chi connectivity index (χ1v) is 4.96. The number of aromatic amines is 1. The van der Waals surface area contributed by atoms with Gasteiger partial charge in [-0.25, -0.2) is 0 Å². The molecule has 0 bridgehead atoms. The predicted octanol–water partition coefficient (Wildman–Crippen LogP) is -0.580. The first-order chi connectivity index (χ1) is 7.29. The van der Waals surface area contributed by atoms with Gasteiger partial charge in [-0.15, -0.1) is 0 Å². The van der Waals surface area contributed by atoms with Crippen LogP contribution in [-0.2, 0) is 0 Å². The van der Waals surface area contributed by atoms with Crippen molar-refractivity contribution in [3.8, 4) is 0 Å². The van der Waals surface area contributed by atoms with Gasteiger partial charge in [-0.2, -0.15) is 0 Å². The third-order valence-electron chi connectivity index (χ3n) is 2.46. The summed E-state index contributed by atoms with van der Waals surface area (Å²) in [6.45, 7) is 2.90. The highest BCUT2D eigenvalue weighted by molar-refractivity contribution is 5.93. The van der Waals surface area contributed by atoms with Gasteiger partial charge < -0.3 is 15.2 Å². The Labute approximate surface area is 87.1 Å². The quantitative estimate of drug-likeness (QED) is 0.647. The predicted molar refractivity (Wildman–Crippen MR) is 55.8 cm³/mol. The van der Waals surface area contributed by atoms with Crippen LogP contribution >= 0.6 is 0 Å². The molecular weight excluding hydrogens is 194 g/mol. The number of amides is 1. The minimum atomic E-state index is -0.225. The van der Waals surface area contributed by atoms with Crippen LogP contribution in [0.3, 0.4) is 0 Å². The molecule has 1 amide bonds. The molecule has 5 heteroatoms. The van der Waals surface area contributed by atoms with Crippen LogP contribution in [0.25, 0.3) is 0 Å². The number of hydrogen-bond donors (Lipinski definition) is 2. The highest BCUT2D eigenvalue weighted by atomic mass is 16.2. The fraction of sp³-hybridized carbons (Fsp3) is 0.400. The second-order valence-electron chi connectivity index (χ2n) is 3.46. The van der Waals surface area contributed by atoms with E-state index in [4.69, 9.17) is 0 Å². The summed E-state index contributed by atoms with van der Waals surface area (Å²) in [7, 11) is 0. The lowest BCUT2D eigenvalue weighted by atomic mass is 10.2. The fourth-order valence-corrected chi connectivity index (χ4v) is 1.62. The minimum absolute atomic E-state index is 0.182. The number of rotatable bonds is 1. The molecule has 0 aromatic carbocycles. The normalized spacial score (nSPS) is 16.4. The summed E-state index contributed by atoms with van der Waals surface area (Å²) in [6, 6.07) is 1.37. The Morgan fingerprint density at radius 2 is 2.07 bits per heavy atom. The van der Waals surface area contributed by atoms with E-state index in [1.54, 1.807) is 4.90 Å². The molecule has 1 aliphatic heterocycles. The second-order valence-corrected chi connectivity index (χ2v) is 3.46. The SMILES string of the molecule is O=C(c1c[nH]ccc1=O)N1CCNCC1. The smallest absolute Gasteiger partial charge is 0.259 e. The molecule has 5 nitrogen and oxygen atoms in total. The average molecular weight is 207 g/mol. The van der Waals surface area contributed by atoms with E-state index in [1.165, 1.54) is 18.5 Å². The standard InChI is InChI=1S/C10H13N3O2/c14-9-1-2-12-7-8(9)10(15)13-5-3-11-4-6-13/h1-2,7,11H,3-6H2,(H,12,14). The summed E-state index contributed by atoms with van der Waals surface area (Å²) in [5, 5.41) is 3.16. The molecule has 1 fully saturated rings. The number of piperazine rings is 1. The van der Waals surface area contributed by atoms with Crippen LogP contribution in [0.5, 0.6) is 0 Å². The Morgan fingerprint density at radius 3 is 2.73 bits per heavy atom. The topological polar surface area (TPSA) is 65.2 Å². The number of hydrogen-bond acceptors (Lipinski definition) is 3. The molecule has 0 atom stereocenters. The van der Waals surface area contributed by atoms with Gasteiger partial charge in [-0.05, 0) is 0 Å². The molecule has 0 aliphatic carbocycles. The van der Waals surface area contributed by atoms with Gasteiger partial charge in [0.25, 0.3) is 5.91 Å².